The number of nitrogens with one attached hydrogen (secondary N) is 1. The minimum absolute atomic E-state index is 0.441. The number of aliphatic carboxylic acids is 1. The summed E-state index contributed by atoms with van der Waals surface area (Å²) in [6, 6.07) is 0.441. The average molecular weight is 184 g/mol. The van der Waals surface area contributed by atoms with Crippen molar-refractivity contribution in [2.45, 2.75) is 31.3 Å². The molecule has 2 unspecified atom stereocenters. The standard InChI is InChI=1S/C9H16N2O2/c1-7-2-5-11(7)9(8(12)13)3-4-10-6-9/h7,10H,2-6H2,1H3,(H,12,13). The zero-order chi connectivity index (χ0) is 9.47. The third-order valence-corrected chi connectivity index (χ3v) is 3.40. The monoisotopic (exact) mass is 184 g/mol. The van der Waals surface area contributed by atoms with Gasteiger partial charge in [0.1, 0.15) is 5.54 Å². The lowest BCUT2D eigenvalue weighted by Crippen LogP contribution is -2.64. The third kappa shape index (κ3) is 1.16. The zero-order valence-electron chi connectivity index (χ0n) is 7.92. The van der Waals surface area contributed by atoms with Crippen LogP contribution in [0.4, 0.5) is 0 Å². The van der Waals surface area contributed by atoms with Crippen LogP contribution >= 0.6 is 0 Å². The minimum Gasteiger partial charge on any atom is -0.480 e. The van der Waals surface area contributed by atoms with Crippen molar-refractivity contribution >= 4 is 5.97 Å². The first-order valence-corrected chi connectivity index (χ1v) is 4.88. The number of hydrogen-bond acceptors (Lipinski definition) is 3. The van der Waals surface area contributed by atoms with Gasteiger partial charge >= 0.3 is 5.97 Å². The van der Waals surface area contributed by atoms with Crippen molar-refractivity contribution in [2.24, 2.45) is 0 Å². The highest BCUT2D eigenvalue weighted by Gasteiger charge is 2.50. The fourth-order valence-electron chi connectivity index (χ4n) is 2.38. The molecule has 2 saturated heterocycles. The molecule has 0 amide bonds. The van der Waals surface area contributed by atoms with Gasteiger partial charge in [0.05, 0.1) is 0 Å². The Kier molecular flexibility index (Phi) is 2.04. The third-order valence-electron chi connectivity index (χ3n) is 3.40. The summed E-state index contributed by atoms with van der Waals surface area (Å²) in [4.78, 5) is 13.3. The van der Waals surface area contributed by atoms with Gasteiger partial charge in [0, 0.05) is 19.1 Å². The Morgan fingerprint density at radius 2 is 2.46 bits per heavy atom. The number of carboxylic acids is 1. The van der Waals surface area contributed by atoms with Gasteiger partial charge in [0.2, 0.25) is 0 Å². The van der Waals surface area contributed by atoms with Gasteiger partial charge in [-0.15, -0.1) is 0 Å². The summed E-state index contributed by atoms with van der Waals surface area (Å²) in [6.45, 7) is 4.48. The molecule has 0 radical (unpaired) electrons. The SMILES string of the molecule is CC1CCN1C1(C(=O)O)CCNC1. The van der Waals surface area contributed by atoms with Crippen molar-refractivity contribution in [3.8, 4) is 0 Å². The Bertz CT molecular complexity index is 224. The molecule has 2 rings (SSSR count). The molecule has 74 valence electrons. The van der Waals surface area contributed by atoms with E-state index in [-0.39, 0.29) is 0 Å². The van der Waals surface area contributed by atoms with Gasteiger partial charge in [0.25, 0.3) is 0 Å². The van der Waals surface area contributed by atoms with E-state index in [2.05, 4.69) is 17.1 Å². The van der Waals surface area contributed by atoms with E-state index in [1.54, 1.807) is 0 Å². The predicted octanol–water partition coefficient (Wildman–Crippen LogP) is -0.103. The second-order valence-corrected chi connectivity index (χ2v) is 4.09. The number of carbonyl (C=O) groups is 1. The van der Waals surface area contributed by atoms with Crippen LogP contribution in [-0.2, 0) is 4.79 Å². The Morgan fingerprint density at radius 3 is 2.77 bits per heavy atom. The summed E-state index contributed by atoms with van der Waals surface area (Å²) in [5.74, 6) is -0.663. The van der Waals surface area contributed by atoms with Gasteiger partial charge in [-0.2, -0.15) is 0 Å². The molecule has 13 heavy (non-hydrogen) atoms. The highest BCUT2D eigenvalue weighted by Crippen LogP contribution is 2.32. The van der Waals surface area contributed by atoms with Gasteiger partial charge in [-0.05, 0) is 26.3 Å². The Hall–Kier alpha value is -0.610. The number of rotatable bonds is 2. The largest absolute Gasteiger partial charge is 0.480 e. The number of likely N-dealkylation sites (tertiary alicyclic amines) is 1. The maximum Gasteiger partial charge on any atom is 0.325 e. The molecule has 0 spiro atoms. The maximum absolute atomic E-state index is 11.2. The second-order valence-electron chi connectivity index (χ2n) is 4.09. The average Bonchev–Trinajstić information content (AvgIpc) is 2.52. The van der Waals surface area contributed by atoms with Crippen LogP contribution in [0.2, 0.25) is 0 Å². The molecule has 0 saturated carbocycles. The molecule has 0 aliphatic carbocycles. The van der Waals surface area contributed by atoms with Crippen LogP contribution < -0.4 is 5.32 Å². The summed E-state index contributed by atoms with van der Waals surface area (Å²) in [5.41, 5.74) is -0.600. The lowest BCUT2D eigenvalue weighted by atomic mass is 9.89. The molecule has 2 N–H and O–H groups in total. The van der Waals surface area contributed by atoms with E-state index in [4.69, 9.17) is 0 Å². The van der Waals surface area contributed by atoms with Crippen LogP contribution in [0, 0.1) is 0 Å². The maximum atomic E-state index is 11.2. The molecule has 0 aromatic rings. The fourth-order valence-corrected chi connectivity index (χ4v) is 2.38. The predicted molar refractivity (Wildman–Crippen MR) is 48.6 cm³/mol. The number of nitrogens with zero attached hydrogens (tertiary/aromatic N) is 1. The highest BCUT2D eigenvalue weighted by molar-refractivity contribution is 5.80. The van der Waals surface area contributed by atoms with Gasteiger partial charge in [-0.25, -0.2) is 0 Å². The molecular formula is C9H16N2O2. The van der Waals surface area contributed by atoms with E-state index in [1.165, 1.54) is 0 Å². The van der Waals surface area contributed by atoms with E-state index in [0.717, 1.165) is 25.9 Å². The van der Waals surface area contributed by atoms with E-state index in [0.29, 0.717) is 12.6 Å². The summed E-state index contributed by atoms with van der Waals surface area (Å²) >= 11 is 0. The first kappa shape index (κ1) is 8.97. The molecule has 0 bridgehead atoms. The van der Waals surface area contributed by atoms with Crippen LogP contribution in [-0.4, -0.2) is 47.2 Å². The quantitative estimate of drug-likeness (QED) is 0.629. The van der Waals surface area contributed by atoms with Gasteiger partial charge in [0.15, 0.2) is 0 Å². The molecule has 2 aliphatic rings. The van der Waals surface area contributed by atoms with Gasteiger partial charge in [-0.1, -0.05) is 0 Å². The van der Waals surface area contributed by atoms with Crippen molar-refractivity contribution < 1.29 is 9.90 Å². The van der Waals surface area contributed by atoms with Gasteiger partial charge < -0.3 is 10.4 Å². The Labute approximate surface area is 77.9 Å². The van der Waals surface area contributed by atoms with E-state index < -0.39 is 11.5 Å². The number of hydrogen-bond donors (Lipinski definition) is 2. The van der Waals surface area contributed by atoms with Crippen LogP contribution in [0.3, 0.4) is 0 Å². The molecule has 0 aromatic carbocycles. The highest BCUT2D eigenvalue weighted by atomic mass is 16.4. The first-order valence-electron chi connectivity index (χ1n) is 4.88. The van der Waals surface area contributed by atoms with Crippen molar-refractivity contribution in [1.29, 1.82) is 0 Å². The lowest BCUT2D eigenvalue weighted by molar-refractivity contribution is -0.156. The van der Waals surface area contributed by atoms with E-state index in [9.17, 15) is 9.90 Å². The van der Waals surface area contributed by atoms with Crippen molar-refractivity contribution in [3.63, 3.8) is 0 Å². The van der Waals surface area contributed by atoms with Gasteiger partial charge in [-0.3, -0.25) is 9.69 Å². The summed E-state index contributed by atoms with van der Waals surface area (Å²) in [7, 11) is 0. The van der Waals surface area contributed by atoms with E-state index >= 15 is 0 Å². The molecule has 2 atom stereocenters. The van der Waals surface area contributed by atoms with Crippen LogP contribution in [0.15, 0.2) is 0 Å². The van der Waals surface area contributed by atoms with Crippen LogP contribution in [0.1, 0.15) is 19.8 Å². The first-order chi connectivity index (χ1) is 6.17. The Balaban J connectivity index is 2.17. The molecule has 2 aliphatic heterocycles. The second kappa shape index (κ2) is 2.96. The molecule has 4 heteroatoms. The van der Waals surface area contributed by atoms with Crippen LogP contribution in [0.25, 0.3) is 0 Å². The summed E-state index contributed by atoms with van der Waals surface area (Å²) in [5, 5.41) is 12.4. The molecule has 2 heterocycles. The summed E-state index contributed by atoms with van der Waals surface area (Å²) in [6.07, 6.45) is 1.88. The normalized spacial score (nSPS) is 40.2. The van der Waals surface area contributed by atoms with Crippen molar-refractivity contribution in [1.82, 2.24) is 10.2 Å². The van der Waals surface area contributed by atoms with Crippen LogP contribution in [0.5, 0.6) is 0 Å². The van der Waals surface area contributed by atoms with Crippen molar-refractivity contribution in [3.05, 3.63) is 0 Å². The summed E-state index contributed by atoms with van der Waals surface area (Å²) < 4.78 is 0. The topological polar surface area (TPSA) is 52.6 Å². The van der Waals surface area contributed by atoms with Crippen molar-refractivity contribution in [2.75, 3.05) is 19.6 Å². The lowest BCUT2D eigenvalue weighted by Gasteiger charge is -2.48. The smallest absolute Gasteiger partial charge is 0.325 e. The minimum atomic E-state index is -0.663. The number of carboxylic acid groups (broad SMARTS) is 1. The molecule has 0 aromatic heterocycles. The molecule has 4 nitrogen and oxygen atoms in total. The Morgan fingerprint density at radius 1 is 1.69 bits per heavy atom. The molecule has 2 fully saturated rings. The van der Waals surface area contributed by atoms with E-state index in [1.807, 2.05) is 0 Å². The fraction of sp³-hybridized carbons (Fsp3) is 0.889. The zero-order valence-corrected chi connectivity index (χ0v) is 7.92. The molecular weight excluding hydrogens is 168 g/mol.